The molecule has 0 saturated heterocycles. The maximum atomic E-state index is 10.4. The van der Waals surface area contributed by atoms with E-state index >= 15 is 0 Å². The first-order valence-corrected chi connectivity index (χ1v) is 3.07. The van der Waals surface area contributed by atoms with Crippen LogP contribution in [0.2, 0.25) is 0 Å². The summed E-state index contributed by atoms with van der Waals surface area (Å²) in [5, 5.41) is 8.53. The first-order valence-electron chi connectivity index (χ1n) is 3.07. The Hall–Kier alpha value is -0.280. The van der Waals surface area contributed by atoms with Gasteiger partial charge in [0.15, 0.2) is 0 Å². The molecule has 0 amide bonds. The van der Waals surface area contributed by atoms with Crippen LogP contribution in [0.5, 0.6) is 0 Å². The van der Waals surface area contributed by atoms with Gasteiger partial charge < -0.3 is 10.8 Å². The van der Waals surface area contributed by atoms with Gasteiger partial charge in [0.1, 0.15) is 5.54 Å². The summed E-state index contributed by atoms with van der Waals surface area (Å²) in [6, 6.07) is 0. The summed E-state index contributed by atoms with van der Waals surface area (Å²) in [5.41, 5.74) is 4.49. The predicted molar refractivity (Wildman–Crippen MR) is 40.2 cm³/mol. The number of hydrogen-bond donors (Lipinski definition) is 2. The van der Waals surface area contributed by atoms with E-state index in [0.717, 1.165) is 12.8 Å². The molecule has 0 heterocycles. The van der Waals surface area contributed by atoms with E-state index in [2.05, 4.69) is 0 Å². The van der Waals surface area contributed by atoms with Gasteiger partial charge in [-0.1, -0.05) is 0 Å². The van der Waals surface area contributed by atoms with Crippen molar-refractivity contribution in [2.24, 2.45) is 11.7 Å². The number of rotatable bonds is 2. The summed E-state index contributed by atoms with van der Waals surface area (Å²) < 4.78 is 0. The van der Waals surface area contributed by atoms with Crippen LogP contribution < -0.4 is 5.73 Å². The van der Waals surface area contributed by atoms with Crippen LogP contribution in [0.3, 0.4) is 0 Å². The topological polar surface area (TPSA) is 63.3 Å². The zero-order chi connectivity index (χ0) is 7.07. The van der Waals surface area contributed by atoms with Crippen molar-refractivity contribution in [3.8, 4) is 0 Å². The molecule has 0 unspecified atom stereocenters. The molecule has 10 heavy (non-hydrogen) atoms. The quantitative estimate of drug-likeness (QED) is 0.631. The van der Waals surface area contributed by atoms with Gasteiger partial charge in [0, 0.05) is 0 Å². The number of aliphatic carboxylic acids is 1. The Morgan fingerprint density at radius 1 is 1.70 bits per heavy atom. The van der Waals surface area contributed by atoms with Crippen molar-refractivity contribution in [2.75, 3.05) is 0 Å². The maximum Gasteiger partial charge on any atom is 0.323 e. The fraction of sp³-hybridized carbons (Fsp3) is 0.833. The largest absolute Gasteiger partial charge is 0.480 e. The summed E-state index contributed by atoms with van der Waals surface area (Å²) in [4.78, 5) is 10.4. The number of carbonyl (C=O) groups is 1. The van der Waals surface area contributed by atoms with E-state index in [4.69, 9.17) is 10.8 Å². The third-order valence-corrected chi connectivity index (χ3v) is 1.89. The lowest BCUT2D eigenvalue weighted by Gasteiger charge is -2.17. The Bertz CT molecular complexity index is 143. The van der Waals surface area contributed by atoms with Gasteiger partial charge in [0.05, 0.1) is 0 Å². The summed E-state index contributed by atoms with van der Waals surface area (Å²) in [6.45, 7) is 1.58. The SMILES string of the molecule is C[C@](N)(C(=O)O)C1CC1.Cl. The van der Waals surface area contributed by atoms with Crippen LogP contribution in [0.25, 0.3) is 0 Å². The van der Waals surface area contributed by atoms with E-state index < -0.39 is 11.5 Å². The molecule has 1 saturated carbocycles. The summed E-state index contributed by atoms with van der Waals surface area (Å²) in [6.07, 6.45) is 1.94. The van der Waals surface area contributed by atoms with Crippen molar-refractivity contribution < 1.29 is 9.90 Å². The van der Waals surface area contributed by atoms with Crippen LogP contribution in [0.4, 0.5) is 0 Å². The average Bonchev–Trinajstić information content (AvgIpc) is 2.42. The molecule has 0 radical (unpaired) electrons. The number of halogens is 1. The third-order valence-electron chi connectivity index (χ3n) is 1.89. The van der Waals surface area contributed by atoms with Gasteiger partial charge in [0.2, 0.25) is 0 Å². The van der Waals surface area contributed by atoms with Crippen molar-refractivity contribution in [3.05, 3.63) is 0 Å². The highest BCUT2D eigenvalue weighted by Gasteiger charge is 2.44. The Morgan fingerprint density at radius 3 is 2.20 bits per heavy atom. The first-order chi connectivity index (χ1) is 4.05. The third kappa shape index (κ3) is 1.61. The average molecular weight is 166 g/mol. The molecule has 0 bridgehead atoms. The van der Waals surface area contributed by atoms with E-state index in [1.54, 1.807) is 6.92 Å². The predicted octanol–water partition coefficient (Wildman–Crippen LogP) is 0.620. The van der Waals surface area contributed by atoms with Crippen molar-refractivity contribution in [1.29, 1.82) is 0 Å². The zero-order valence-electron chi connectivity index (χ0n) is 5.83. The summed E-state index contributed by atoms with van der Waals surface area (Å²) in [5.74, 6) is -0.667. The van der Waals surface area contributed by atoms with E-state index in [0.29, 0.717) is 0 Å². The minimum Gasteiger partial charge on any atom is -0.480 e. The van der Waals surface area contributed by atoms with Gasteiger partial charge in [-0.2, -0.15) is 0 Å². The molecular weight excluding hydrogens is 154 g/mol. The highest BCUT2D eigenvalue weighted by molar-refractivity contribution is 5.85. The second kappa shape index (κ2) is 2.76. The molecule has 1 atom stereocenters. The standard InChI is InChI=1S/C6H11NO2.ClH/c1-6(7,5(8)9)4-2-3-4;/h4H,2-3,7H2,1H3,(H,8,9);1H/t6-;/m1./s1. The van der Waals surface area contributed by atoms with Gasteiger partial charge >= 0.3 is 5.97 Å². The van der Waals surface area contributed by atoms with Crippen LogP contribution in [0.1, 0.15) is 19.8 Å². The fourth-order valence-electron chi connectivity index (χ4n) is 0.858. The summed E-state index contributed by atoms with van der Waals surface area (Å²) >= 11 is 0. The van der Waals surface area contributed by atoms with Gasteiger partial charge in [0.25, 0.3) is 0 Å². The van der Waals surface area contributed by atoms with Gasteiger partial charge in [-0.25, -0.2) is 0 Å². The van der Waals surface area contributed by atoms with Crippen molar-refractivity contribution in [2.45, 2.75) is 25.3 Å². The molecule has 3 N–H and O–H groups in total. The molecule has 4 heteroatoms. The zero-order valence-corrected chi connectivity index (χ0v) is 6.65. The molecule has 0 spiro atoms. The Kier molecular flexibility index (Phi) is 2.68. The lowest BCUT2D eigenvalue weighted by Crippen LogP contribution is -2.46. The van der Waals surface area contributed by atoms with Crippen molar-refractivity contribution in [3.63, 3.8) is 0 Å². The number of carboxylic acid groups (broad SMARTS) is 1. The normalized spacial score (nSPS) is 22.6. The van der Waals surface area contributed by atoms with E-state index in [1.165, 1.54) is 0 Å². The molecule has 0 aromatic rings. The van der Waals surface area contributed by atoms with Gasteiger partial charge in [-0.15, -0.1) is 12.4 Å². The minimum absolute atomic E-state index is 0. The highest BCUT2D eigenvalue weighted by atomic mass is 35.5. The smallest absolute Gasteiger partial charge is 0.323 e. The molecule has 1 fully saturated rings. The van der Waals surface area contributed by atoms with Gasteiger partial charge in [-0.3, -0.25) is 4.79 Å². The van der Waals surface area contributed by atoms with Crippen molar-refractivity contribution in [1.82, 2.24) is 0 Å². The number of carboxylic acids is 1. The van der Waals surface area contributed by atoms with E-state index in [9.17, 15) is 4.79 Å². The molecule has 0 aliphatic heterocycles. The summed E-state index contributed by atoms with van der Waals surface area (Å²) in [7, 11) is 0. The van der Waals surface area contributed by atoms with Crippen LogP contribution in [0, 0.1) is 5.92 Å². The van der Waals surface area contributed by atoms with Crippen LogP contribution in [-0.2, 0) is 4.79 Å². The van der Waals surface area contributed by atoms with Crippen LogP contribution in [-0.4, -0.2) is 16.6 Å². The Labute approximate surface area is 66.0 Å². The Balaban J connectivity index is 0.000000810. The lowest BCUT2D eigenvalue weighted by atomic mass is 9.98. The highest BCUT2D eigenvalue weighted by Crippen LogP contribution is 2.37. The Morgan fingerprint density at radius 2 is 2.10 bits per heavy atom. The van der Waals surface area contributed by atoms with Crippen molar-refractivity contribution >= 4 is 18.4 Å². The fourth-order valence-corrected chi connectivity index (χ4v) is 0.858. The second-order valence-corrected chi connectivity index (χ2v) is 2.86. The van der Waals surface area contributed by atoms with Gasteiger partial charge in [-0.05, 0) is 25.7 Å². The van der Waals surface area contributed by atoms with Crippen LogP contribution >= 0.6 is 12.4 Å². The maximum absolute atomic E-state index is 10.4. The molecule has 1 rings (SSSR count). The lowest BCUT2D eigenvalue weighted by molar-refractivity contribution is -0.143. The molecule has 60 valence electrons. The molecular formula is C6H12ClNO2. The minimum atomic E-state index is -0.972. The molecule has 1 aliphatic carbocycles. The molecule has 1 aliphatic rings. The van der Waals surface area contributed by atoms with E-state index in [1.807, 2.05) is 0 Å². The second-order valence-electron chi connectivity index (χ2n) is 2.86. The molecule has 0 aromatic heterocycles. The molecule has 3 nitrogen and oxygen atoms in total. The number of hydrogen-bond acceptors (Lipinski definition) is 2. The van der Waals surface area contributed by atoms with E-state index in [-0.39, 0.29) is 18.3 Å². The van der Waals surface area contributed by atoms with Crippen LogP contribution in [0.15, 0.2) is 0 Å². The monoisotopic (exact) mass is 165 g/mol. The first kappa shape index (κ1) is 9.72. The molecule has 0 aromatic carbocycles. The number of nitrogens with two attached hydrogens (primary N) is 1.